The van der Waals surface area contributed by atoms with Gasteiger partial charge in [0.15, 0.2) is 10.3 Å². The zero-order valence-corrected chi connectivity index (χ0v) is 16.6. The third-order valence-electron chi connectivity index (χ3n) is 3.58. The first-order valence-corrected chi connectivity index (χ1v) is 9.67. The number of thiocarbonyl (C=S) groups is 1. The van der Waals surface area contributed by atoms with Crippen LogP contribution in [0.15, 0.2) is 34.7 Å². The van der Waals surface area contributed by atoms with E-state index < -0.39 is 0 Å². The van der Waals surface area contributed by atoms with Crippen LogP contribution >= 0.6 is 24.0 Å². The molecule has 27 heavy (non-hydrogen) atoms. The van der Waals surface area contributed by atoms with Crippen molar-refractivity contribution in [3.8, 4) is 0 Å². The summed E-state index contributed by atoms with van der Waals surface area (Å²) in [5.74, 6) is 1.24. The third-order valence-corrected chi connectivity index (χ3v) is 4.64. The van der Waals surface area contributed by atoms with E-state index >= 15 is 0 Å². The quantitative estimate of drug-likeness (QED) is 0.300. The van der Waals surface area contributed by atoms with E-state index in [0.717, 1.165) is 23.9 Å². The lowest BCUT2D eigenvalue weighted by Gasteiger charge is -2.28. The zero-order chi connectivity index (χ0) is 18.9. The second-order valence-electron chi connectivity index (χ2n) is 5.49. The van der Waals surface area contributed by atoms with Crippen LogP contribution in [0.3, 0.4) is 0 Å². The smallest absolute Gasteiger partial charge is 0.232 e. The highest BCUT2D eigenvalue weighted by Crippen LogP contribution is 2.27. The van der Waals surface area contributed by atoms with E-state index in [1.165, 1.54) is 11.8 Å². The fourth-order valence-electron chi connectivity index (χ4n) is 2.32. The van der Waals surface area contributed by atoms with Crippen LogP contribution < -0.4 is 15.5 Å². The second-order valence-corrected chi connectivity index (χ2v) is 6.89. The van der Waals surface area contributed by atoms with Crippen molar-refractivity contribution in [1.29, 1.82) is 0 Å². The summed E-state index contributed by atoms with van der Waals surface area (Å²) in [6, 6.07) is 3.71. The Bertz CT molecular complexity index is 745. The maximum absolute atomic E-state index is 5.43. The van der Waals surface area contributed by atoms with Gasteiger partial charge in [-0.05, 0) is 30.0 Å². The minimum absolute atomic E-state index is 0.423. The van der Waals surface area contributed by atoms with Crippen molar-refractivity contribution in [2.24, 2.45) is 0 Å². The summed E-state index contributed by atoms with van der Waals surface area (Å²) in [5, 5.41) is 7.89. The molecule has 2 N–H and O–H groups in total. The Morgan fingerprint density at radius 3 is 2.81 bits per heavy atom. The van der Waals surface area contributed by atoms with Gasteiger partial charge >= 0.3 is 0 Å². The van der Waals surface area contributed by atoms with Gasteiger partial charge in [0.05, 0.1) is 19.8 Å². The van der Waals surface area contributed by atoms with E-state index in [2.05, 4.69) is 35.5 Å². The third kappa shape index (κ3) is 6.24. The van der Waals surface area contributed by atoms with Crippen LogP contribution in [-0.2, 0) is 9.47 Å². The summed E-state index contributed by atoms with van der Waals surface area (Å²) in [6.07, 6.45) is 3.40. The van der Waals surface area contributed by atoms with Crippen molar-refractivity contribution in [3.63, 3.8) is 0 Å². The highest BCUT2D eigenvalue weighted by Gasteiger charge is 2.16. The number of methoxy groups -OCH3 is 1. The molecule has 0 aromatic carbocycles. The van der Waals surface area contributed by atoms with Gasteiger partial charge < -0.3 is 25.0 Å². The van der Waals surface area contributed by atoms with Gasteiger partial charge in [-0.3, -0.25) is 0 Å². The van der Waals surface area contributed by atoms with Gasteiger partial charge in [0.1, 0.15) is 10.8 Å². The molecule has 2 aromatic heterocycles. The van der Waals surface area contributed by atoms with Crippen molar-refractivity contribution < 1.29 is 9.47 Å². The summed E-state index contributed by atoms with van der Waals surface area (Å²) in [4.78, 5) is 19.8. The molecule has 0 bridgehead atoms. The molecule has 11 heteroatoms. The Kier molecular flexibility index (Phi) is 7.51. The van der Waals surface area contributed by atoms with Crippen LogP contribution in [0.1, 0.15) is 0 Å². The average Bonchev–Trinajstić information content (AvgIpc) is 2.69. The summed E-state index contributed by atoms with van der Waals surface area (Å²) < 4.78 is 10.4. The van der Waals surface area contributed by atoms with Gasteiger partial charge in [-0.2, -0.15) is 4.98 Å². The van der Waals surface area contributed by atoms with E-state index in [-0.39, 0.29) is 0 Å². The van der Waals surface area contributed by atoms with Crippen LogP contribution in [0, 0.1) is 0 Å². The molecule has 0 aliphatic carbocycles. The molecule has 0 saturated carbocycles. The molecule has 0 amide bonds. The fraction of sp³-hybridized carbons (Fsp3) is 0.438. The predicted octanol–water partition coefficient (Wildman–Crippen LogP) is 1.19. The van der Waals surface area contributed by atoms with Crippen molar-refractivity contribution in [1.82, 2.24) is 25.3 Å². The van der Waals surface area contributed by atoms with Crippen LogP contribution in [0.25, 0.3) is 0 Å². The Labute approximate surface area is 167 Å². The number of aromatic nitrogens is 4. The molecular weight excluding hydrogens is 386 g/mol. The molecule has 144 valence electrons. The van der Waals surface area contributed by atoms with Crippen LogP contribution in [0.5, 0.6) is 0 Å². The molecule has 0 spiro atoms. The van der Waals surface area contributed by atoms with Crippen molar-refractivity contribution in [2.45, 2.75) is 10.2 Å². The molecule has 1 aliphatic heterocycles. The number of hydrogen-bond acceptors (Lipinski definition) is 9. The van der Waals surface area contributed by atoms with Crippen molar-refractivity contribution in [2.75, 3.05) is 56.8 Å². The average molecular weight is 408 g/mol. The van der Waals surface area contributed by atoms with Crippen molar-refractivity contribution in [3.05, 3.63) is 24.5 Å². The predicted molar refractivity (Wildman–Crippen MR) is 107 cm³/mol. The molecule has 2 aromatic rings. The normalized spacial score (nSPS) is 14.0. The van der Waals surface area contributed by atoms with Gasteiger partial charge in [0.2, 0.25) is 5.95 Å². The molecule has 1 aliphatic rings. The lowest BCUT2D eigenvalue weighted by Crippen LogP contribution is -2.37. The van der Waals surface area contributed by atoms with E-state index in [1.54, 1.807) is 25.6 Å². The standard InChI is InChI=1S/C16H21N7O2S2/c1-24-8-5-17-15(26)22-14-20-12(23-6-9-25-10-7-23)11-13(21-14)27-16-18-3-2-4-19-16/h2-4,11H,5-10H2,1H3,(H2,17,20,21,22,26). The lowest BCUT2D eigenvalue weighted by atomic mass is 10.4. The molecule has 9 nitrogen and oxygen atoms in total. The number of rotatable bonds is 7. The number of anilines is 2. The van der Waals surface area contributed by atoms with E-state index in [1.807, 2.05) is 6.07 Å². The SMILES string of the molecule is COCCNC(=S)Nc1nc(Sc2ncccn2)cc(N2CCOCC2)n1. The molecule has 3 rings (SSSR count). The number of nitrogens with one attached hydrogen (secondary N) is 2. The lowest BCUT2D eigenvalue weighted by molar-refractivity contribution is 0.122. The Morgan fingerprint density at radius 2 is 2.07 bits per heavy atom. The molecular formula is C16H21N7O2S2. The van der Waals surface area contributed by atoms with Gasteiger partial charge in [0.25, 0.3) is 0 Å². The van der Waals surface area contributed by atoms with E-state index in [4.69, 9.17) is 21.7 Å². The van der Waals surface area contributed by atoms with Gasteiger partial charge in [-0.15, -0.1) is 0 Å². The summed E-state index contributed by atoms with van der Waals surface area (Å²) in [6.45, 7) is 4.06. The largest absolute Gasteiger partial charge is 0.383 e. The van der Waals surface area contributed by atoms with Crippen molar-refractivity contribution >= 4 is 40.9 Å². The highest BCUT2D eigenvalue weighted by atomic mass is 32.2. The Hall–Kier alpha value is -2.08. The van der Waals surface area contributed by atoms with E-state index in [9.17, 15) is 0 Å². The van der Waals surface area contributed by atoms with Crippen LogP contribution in [0.4, 0.5) is 11.8 Å². The maximum atomic E-state index is 5.43. The molecule has 1 fully saturated rings. The maximum Gasteiger partial charge on any atom is 0.232 e. The Morgan fingerprint density at radius 1 is 1.30 bits per heavy atom. The number of ether oxygens (including phenoxy) is 2. The molecule has 3 heterocycles. The molecule has 0 atom stereocenters. The number of hydrogen-bond donors (Lipinski definition) is 2. The number of morpholine rings is 1. The first kappa shape index (κ1) is 19.7. The van der Waals surface area contributed by atoms with Gasteiger partial charge in [0, 0.05) is 45.2 Å². The molecule has 0 unspecified atom stereocenters. The summed E-state index contributed by atoms with van der Waals surface area (Å²) in [7, 11) is 1.64. The minimum Gasteiger partial charge on any atom is -0.383 e. The molecule has 1 saturated heterocycles. The highest BCUT2D eigenvalue weighted by molar-refractivity contribution is 7.99. The fourth-order valence-corrected chi connectivity index (χ4v) is 3.22. The summed E-state index contributed by atoms with van der Waals surface area (Å²) in [5.41, 5.74) is 0. The molecule has 0 radical (unpaired) electrons. The zero-order valence-electron chi connectivity index (χ0n) is 14.9. The Balaban J connectivity index is 1.78. The van der Waals surface area contributed by atoms with Crippen LogP contribution in [0.2, 0.25) is 0 Å². The minimum atomic E-state index is 0.423. The van der Waals surface area contributed by atoms with Gasteiger partial charge in [-0.1, -0.05) is 0 Å². The monoisotopic (exact) mass is 407 g/mol. The van der Waals surface area contributed by atoms with E-state index in [0.29, 0.717) is 42.6 Å². The topological polar surface area (TPSA) is 97.3 Å². The first-order valence-electron chi connectivity index (χ1n) is 8.45. The van der Waals surface area contributed by atoms with Gasteiger partial charge in [-0.25, -0.2) is 15.0 Å². The first-order chi connectivity index (χ1) is 13.2. The van der Waals surface area contributed by atoms with Crippen LogP contribution in [-0.4, -0.2) is 71.6 Å². The number of nitrogens with zero attached hydrogens (tertiary/aromatic N) is 5. The summed E-state index contributed by atoms with van der Waals surface area (Å²) >= 11 is 6.67. The second kappa shape index (κ2) is 10.3.